The van der Waals surface area contributed by atoms with Gasteiger partial charge >= 0.3 is 5.97 Å². The highest BCUT2D eigenvalue weighted by molar-refractivity contribution is 5.79. The molecule has 0 aromatic carbocycles. The topological polar surface area (TPSA) is 29.3 Å². The third-order valence-corrected chi connectivity index (χ3v) is 1.76. The highest BCUT2D eigenvalue weighted by Crippen LogP contribution is 2.20. The molecule has 1 rings (SSSR count). The third-order valence-electron chi connectivity index (χ3n) is 1.76. The highest BCUT2D eigenvalue weighted by atomic mass is 16.6. The van der Waals surface area contributed by atoms with Crippen molar-refractivity contribution in [3.05, 3.63) is 12.7 Å². The number of carbonyl (C=O) groups excluding carboxylic acids is 1. The SMILES string of the molecule is C=CCN1CC1C(=O)OC(C)(C)C. The van der Waals surface area contributed by atoms with E-state index in [4.69, 9.17) is 4.74 Å². The zero-order valence-electron chi connectivity index (χ0n) is 8.54. The van der Waals surface area contributed by atoms with Crippen LogP contribution >= 0.6 is 0 Å². The van der Waals surface area contributed by atoms with Crippen LogP contribution in [0.3, 0.4) is 0 Å². The molecular formula is C10H17NO2. The molecule has 1 aliphatic rings. The van der Waals surface area contributed by atoms with E-state index in [1.165, 1.54) is 0 Å². The van der Waals surface area contributed by atoms with Gasteiger partial charge in [-0.05, 0) is 20.8 Å². The van der Waals surface area contributed by atoms with Crippen LogP contribution in [0.2, 0.25) is 0 Å². The van der Waals surface area contributed by atoms with Crippen LogP contribution < -0.4 is 0 Å². The van der Waals surface area contributed by atoms with Crippen molar-refractivity contribution in [2.45, 2.75) is 32.4 Å². The fraction of sp³-hybridized carbons (Fsp3) is 0.700. The number of rotatable bonds is 3. The summed E-state index contributed by atoms with van der Waals surface area (Å²) in [6.07, 6.45) is 1.80. The molecule has 0 aliphatic carbocycles. The maximum atomic E-state index is 11.4. The van der Waals surface area contributed by atoms with Crippen LogP contribution in [0, 0.1) is 0 Å². The fourth-order valence-electron chi connectivity index (χ4n) is 1.14. The van der Waals surface area contributed by atoms with Gasteiger partial charge in [-0.3, -0.25) is 9.69 Å². The summed E-state index contributed by atoms with van der Waals surface area (Å²) in [7, 11) is 0. The van der Waals surface area contributed by atoms with E-state index < -0.39 is 0 Å². The Balaban J connectivity index is 2.31. The lowest BCUT2D eigenvalue weighted by molar-refractivity contribution is -0.154. The first-order valence-electron chi connectivity index (χ1n) is 4.52. The maximum absolute atomic E-state index is 11.4. The Morgan fingerprint density at radius 3 is 2.77 bits per heavy atom. The van der Waals surface area contributed by atoms with E-state index >= 15 is 0 Å². The average molecular weight is 183 g/mol. The van der Waals surface area contributed by atoms with Gasteiger partial charge in [0.15, 0.2) is 0 Å². The summed E-state index contributed by atoms with van der Waals surface area (Å²) in [4.78, 5) is 13.4. The number of nitrogens with zero attached hydrogens (tertiary/aromatic N) is 1. The minimum Gasteiger partial charge on any atom is -0.459 e. The van der Waals surface area contributed by atoms with Gasteiger partial charge in [0.05, 0.1) is 0 Å². The van der Waals surface area contributed by atoms with Gasteiger partial charge in [-0.15, -0.1) is 6.58 Å². The molecule has 0 saturated carbocycles. The highest BCUT2D eigenvalue weighted by Gasteiger charge is 2.41. The van der Waals surface area contributed by atoms with Gasteiger partial charge in [0.2, 0.25) is 0 Å². The molecule has 0 bridgehead atoms. The van der Waals surface area contributed by atoms with Crippen LogP contribution in [0.5, 0.6) is 0 Å². The molecule has 0 spiro atoms. The second kappa shape index (κ2) is 3.50. The predicted octanol–water partition coefficient (Wildman–Crippen LogP) is 1.20. The summed E-state index contributed by atoms with van der Waals surface area (Å²) in [5, 5.41) is 0. The largest absolute Gasteiger partial charge is 0.459 e. The summed E-state index contributed by atoms with van der Waals surface area (Å²) in [5.41, 5.74) is -0.375. The molecule has 2 atom stereocenters. The fourth-order valence-corrected chi connectivity index (χ4v) is 1.14. The zero-order chi connectivity index (χ0) is 10.1. The average Bonchev–Trinajstić information content (AvgIpc) is 2.64. The summed E-state index contributed by atoms with van der Waals surface area (Å²) >= 11 is 0. The van der Waals surface area contributed by atoms with Crippen molar-refractivity contribution in [2.75, 3.05) is 13.1 Å². The Morgan fingerprint density at radius 1 is 1.69 bits per heavy atom. The van der Waals surface area contributed by atoms with Crippen LogP contribution in [0.4, 0.5) is 0 Å². The first-order valence-corrected chi connectivity index (χ1v) is 4.52. The van der Waals surface area contributed by atoms with Crippen molar-refractivity contribution in [1.29, 1.82) is 0 Å². The van der Waals surface area contributed by atoms with Crippen LogP contribution in [-0.2, 0) is 9.53 Å². The first-order chi connectivity index (χ1) is 5.94. The second-order valence-corrected chi connectivity index (χ2v) is 4.29. The van der Waals surface area contributed by atoms with Crippen molar-refractivity contribution >= 4 is 5.97 Å². The van der Waals surface area contributed by atoms with E-state index in [9.17, 15) is 4.79 Å². The van der Waals surface area contributed by atoms with Gasteiger partial charge in [0.1, 0.15) is 11.6 Å². The number of hydrogen-bond acceptors (Lipinski definition) is 3. The van der Waals surface area contributed by atoms with E-state index in [1.54, 1.807) is 6.08 Å². The zero-order valence-corrected chi connectivity index (χ0v) is 8.54. The maximum Gasteiger partial charge on any atom is 0.325 e. The monoisotopic (exact) mass is 183 g/mol. The Morgan fingerprint density at radius 2 is 2.31 bits per heavy atom. The Kier molecular flexibility index (Phi) is 2.76. The number of ether oxygens (including phenoxy) is 1. The molecule has 0 aromatic rings. The quantitative estimate of drug-likeness (QED) is 0.374. The molecule has 2 unspecified atom stereocenters. The Hall–Kier alpha value is -0.830. The van der Waals surface area contributed by atoms with Gasteiger partial charge < -0.3 is 4.74 Å². The number of hydrogen-bond donors (Lipinski definition) is 0. The Labute approximate surface area is 79.4 Å². The normalized spacial score (nSPS) is 26.7. The van der Waals surface area contributed by atoms with Crippen molar-refractivity contribution < 1.29 is 9.53 Å². The number of carbonyl (C=O) groups is 1. The molecule has 74 valence electrons. The van der Waals surface area contributed by atoms with Gasteiger partial charge in [0.25, 0.3) is 0 Å². The lowest BCUT2D eigenvalue weighted by atomic mass is 10.2. The molecule has 1 heterocycles. The van der Waals surface area contributed by atoms with Gasteiger partial charge in [-0.1, -0.05) is 6.08 Å². The van der Waals surface area contributed by atoms with Crippen LogP contribution in [0.15, 0.2) is 12.7 Å². The molecule has 3 nitrogen and oxygen atoms in total. The minimum absolute atomic E-state index is 0.0303. The van der Waals surface area contributed by atoms with E-state index in [1.807, 2.05) is 25.7 Å². The first kappa shape index (κ1) is 10.3. The summed E-state index contributed by atoms with van der Waals surface area (Å²) in [6.45, 7) is 10.8. The molecule has 0 aromatic heterocycles. The molecule has 0 amide bonds. The van der Waals surface area contributed by atoms with Crippen molar-refractivity contribution in [2.24, 2.45) is 0 Å². The molecule has 3 heteroatoms. The lowest BCUT2D eigenvalue weighted by Gasteiger charge is -2.19. The molecular weight excluding hydrogens is 166 g/mol. The second-order valence-electron chi connectivity index (χ2n) is 4.29. The summed E-state index contributed by atoms with van der Waals surface area (Å²) in [6, 6.07) is -0.0303. The summed E-state index contributed by atoms with van der Waals surface area (Å²) in [5.74, 6) is -0.116. The van der Waals surface area contributed by atoms with Crippen LogP contribution in [0.1, 0.15) is 20.8 Å². The molecule has 1 aliphatic heterocycles. The standard InChI is InChI=1S/C10H17NO2/c1-5-6-11-7-8(11)9(12)13-10(2,3)4/h5,8H,1,6-7H2,2-4H3. The lowest BCUT2D eigenvalue weighted by Crippen LogP contribution is -2.28. The van der Waals surface area contributed by atoms with Crippen LogP contribution in [0.25, 0.3) is 0 Å². The van der Waals surface area contributed by atoms with Gasteiger partial charge in [0, 0.05) is 13.1 Å². The van der Waals surface area contributed by atoms with E-state index in [-0.39, 0.29) is 17.6 Å². The van der Waals surface area contributed by atoms with Crippen molar-refractivity contribution in [3.63, 3.8) is 0 Å². The van der Waals surface area contributed by atoms with Gasteiger partial charge in [-0.2, -0.15) is 0 Å². The Bertz CT molecular complexity index is 217. The molecule has 0 N–H and O–H groups in total. The molecule has 0 radical (unpaired) electrons. The number of esters is 1. The van der Waals surface area contributed by atoms with Crippen LogP contribution in [-0.4, -0.2) is 35.6 Å². The van der Waals surface area contributed by atoms with Crippen molar-refractivity contribution in [3.8, 4) is 0 Å². The molecule has 1 fully saturated rings. The molecule has 1 saturated heterocycles. The minimum atomic E-state index is -0.375. The van der Waals surface area contributed by atoms with E-state index in [2.05, 4.69) is 6.58 Å². The summed E-state index contributed by atoms with van der Waals surface area (Å²) < 4.78 is 5.22. The van der Waals surface area contributed by atoms with Gasteiger partial charge in [-0.25, -0.2) is 0 Å². The van der Waals surface area contributed by atoms with E-state index in [0.717, 1.165) is 13.1 Å². The van der Waals surface area contributed by atoms with Crippen molar-refractivity contribution in [1.82, 2.24) is 4.90 Å². The molecule has 13 heavy (non-hydrogen) atoms. The predicted molar refractivity (Wildman–Crippen MR) is 51.4 cm³/mol. The van der Waals surface area contributed by atoms with E-state index in [0.29, 0.717) is 0 Å². The smallest absolute Gasteiger partial charge is 0.325 e. The third kappa shape index (κ3) is 3.19.